The maximum absolute atomic E-state index is 13.1. The lowest BCUT2D eigenvalue weighted by Gasteiger charge is -2.18. The van der Waals surface area contributed by atoms with Gasteiger partial charge in [0.15, 0.2) is 0 Å². The molecule has 21 heavy (non-hydrogen) atoms. The first-order valence-corrected chi connectivity index (χ1v) is 6.79. The van der Waals surface area contributed by atoms with Gasteiger partial charge in [0.25, 0.3) is 5.69 Å². The quantitative estimate of drug-likeness (QED) is 0.618. The monoisotopic (exact) mass is 328 g/mol. The van der Waals surface area contributed by atoms with Gasteiger partial charge in [-0.3, -0.25) is 10.1 Å². The van der Waals surface area contributed by atoms with Crippen LogP contribution >= 0.6 is 23.2 Å². The zero-order valence-electron chi connectivity index (χ0n) is 10.9. The topological polar surface area (TPSA) is 55.2 Å². The number of nitrogens with one attached hydrogen (secondary N) is 1. The van der Waals surface area contributed by atoms with Gasteiger partial charge in [0.2, 0.25) is 0 Å². The summed E-state index contributed by atoms with van der Waals surface area (Å²) in [6, 6.07) is 8.24. The van der Waals surface area contributed by atoms with Crippen molar-refractivity contribution in [3.63, 3.8) is 0 Å². The first kappa shape index (κ1) is 15.5. The van der Waals surface area contributed by atoms with Crippen molar-refractivity contribution in [1.29, 1.82) is 0 Å². The molecule has 0 aliphatic heterocycles. The number of nitro groups is 1. The molecule has 0 aromatic heterocycles. The summed E-state index contributed by atoms with van der Waals surface area (Å²) >= 11 is 11.9. The van der Waals surface area contributed by atoms with Crippen molar-refractivity contribution in [2.24, 2.45) is 0 Å². The lowest BCUT2D eigenvalue weighted by atomic mass is 10.1. The number of hydrogen-bond donors (Lipinski definition) is 1. The Balaban J connectivity index is 2.22. The van der Waals surface area contributed by atoms with Gasteiger partial charge in [0.1, 0.15) is 5.82 Å². The molecule has 1 unspecified atom stereocenters. The van der Waals surface area contributed by atoms with Crippen LogP contribution in [-0.2, 0) is 0 Å². The Bertz CT molecular complexity index is 654. The van der Waals surface area contributed by atoms with Gasteiger partial charge < -0.3 is 5.32 Å². The zero-order chi connectivity index (χ0) is 15.6. The Hall–Kier alpha value is -1.85. The molecule has 0 bridgehead atoms. The largest absolute Gasteiger partial charge is 0.376 e. The van der Waals surface area contributed by atoms with Crippen LogP contribution in [0.2, 0.25) is 10.0 Å². The Morgan fingerprint density at radius 1 is 1.19 bits per heavy atom. The van der Waals surface area contributed by atoms with E-state index in [0.717, 1.165) is 5.56 Å². The van der Waals surface area contributed by atoms with E-state index in [1.807, 2.05) is 6.92 Å². The molecular formula is C14H11Cl2FN2O2. The summed E-state index contributed by atoms with van der Waals surface area (Å²) in [6.45, 7) is 1.84. The molecule has 0 aliphatic rings. The van der Waals surface area contributed by atoms with E-state index >= 15 is 0 Å². The predicted molar refractivity (Wildman–Crippen MR) is 81.6 cm³/mol. The third-order valence-electron chi connectivity index (χ3n) is 2.97. The number of hydrogen-bond acceptors (Lipinski definition) is 3. The molecule has 0 fully saturated rings. The van der Waals surface area contributed by atoms with Crippen LogP contribution in [0.5, 0.6) is 0 Å². The van der Waals surface area contributed by atoms with Crippen LogP contribution in [0.4, 0.5) is 15.8 Å². The van der Waals surface area contributed by atoms with Crippen LogP contribution < -0.4 is 5.32 Å². The minimum absolute atomic E-state index is 0.0174. The van der Waals surface area contributed by atoms with Crippen LogP contribution in [0, 0.1) is 15.9 Å². The average Bonchev–Trinajstić information content (AvgIpc) is 2.42. The highest BCUT2D eigenvalue weighted by Crippen LogP contribution is 2.34. The summed E-state index contributed by atoms with van der Waals surface area (Å²) in [7, 11) is 0. The molecule has 0 spiro atoms. The van der Waals surface area contributed by atoms with E-state index in [4.69, 9.17) is 23.2 Å². The van der Waals surface area contributed by atoms with Crippen LogP contribution in [0.3, 0.4) is 0 Å². The Morgan fingerprint density at radius 2 is 1.71 bits per heavy atom. The SMILES string of the molecule is CC(Nc1c(Cl)cc(F)cc1Cl)c1ccc([N+](=O)[O-])cc1. The first-order chi connectivity index (χ1) is 9.88. The number of benzene rings is 2. The molecule has 2 rings (SSSR count). The molecule has 2 aromatic rings. The van der Waals surface area contributed by atoms with E-state index in [-0.39, 0.29) is 21.8 Å². The van der Waals surface area contributed by atoms with Gasteiger partial charge in [0.05, 0.1) is 20.7 Å². The highest BCUT2D eigenvalue weighted by Gasteiger charge is 2.13. The molecule has 0 saturated carbocycles. The van der Waals surface area contributed by atoms with Crippen molar-refractivity contribution in [1.82, 2.24) is 0 Å². The minimum Gasteiger partial charge on any atom is -0.376 e. The molecule has 0 radical (unpaired) electrons. The van der Waals surface area contributed by atoms with Crippen LogP contribution in [-0.4, -0.2) is 4.92 Å². The van der Waals surface area contributed by atoms with E-state index in [1.165, 1.54) is 24.3 Å². The van der Waals surface area contributed by atoms with Crippen LogP contribution in [0.1, 0.15) is 18.5 Å². The van der Waals surface area contributed by atoms with Crippen LogP contribution in [0.25, 0.3) is 0 Å². The number of non-ortho nitro benzene ring substituents is 1. The Kier molecular flexibility index (Phi) is 4.65. The smallest absolute Gasteiger partial charge is 0.269 e. The van der Waals surface area contributed by atoms with Crippen molar-refractivity contribution in [2.75, 3.05) is 5.32 Å². The highest BCUT2D eigenvalue weighted by atomic mass is 35.5. The molecule has 0 heterocycles. The summed E-state index contributed by atoms with van der Waals surface area (Å²) < 4.78 is 13.1. The zero-order valence-corrected chi connectivity index (χ0v) is 12.5. The number of nitrogens with zero attached hydrogens (tertiary/aromatic N) is 1. The summed E-state index contributed by atoms with van der Waals surface area (Å²) in [6.07, 6.45) is 0. The molecule has 2 aromatic carbocycles. The van der Waals surface area contributed by atoms with Crippen molar-refractivity contribution in [3.05, 3.63) is 67.9 Å². The lowest BCUT2D eigenvalue weighted by Crippen LogP contribution is -2.07. The molecular weight excluding hydrogens is 318 g/mol. The van der Waals surface area contributed by atoms with E-state index in [2.05, 4.69) is 5.32 Å². The van der Waals surface area contributed by atoms with E-state index in [0.29, 0.717) is 5.69 Å². The molecule has 0 saturated heterocycles. The van der Waals surface area contributed by atoms with Crippen LogP contribution in [0.15, 0.2) is 36.4 Å². The lowest BCUT2D eigenvalue weighted by molar-refractivity contribution is -0.384. The fraction of sp³-hybridized carbons (Fsp3) is 0.143. The minimum atomic E-state index is -0.515. The van der Waals surface area contributed by atoms with Gasteiger partial charge in [-0.15, -0.1) is 0 Å². The maximum atomic E-state index is 13.1. The first-order valence-electron chi connectivity index (χ1n) is 6.04. The van der Waals surface area contributed by atoms with Gasteiger partial charge in [-0.25, -0.2) is 4.39 Å². The number of anilines is 1. The van der Waals surface area contributed by atoms with E-state index in [9.17, 15) is 14.5 Å². The number of rotatable bonds is 4. The normalized spacial score (nSPS) is 12.0. The third kappa shape index (κ3) is 3.62. The van der Waals surface area contributed by atoms with Crippen molar-refractivity contribution >= 4 is 34.6 Å². The number of halogens is 3. The maximum Gasteiger partial charge on any atom is 0.269 e. The molecule has 110 valence electrons. The van der Waals surface area contributed by atoms with Gasteiger partial charge in [-0.2, -0.15) is 0 Å². The van der Waals surface area contributed by atoms with Crippen molar-refractivity contribution < 1.29 is 9.31 Å². The molecule has 0 amide bonds. The fourth-order valence-corrected chi connectivity index (χ4v) is 2.43. The summed E-state index contributed by atoms with van der Waals surface area (Å²) in [5, 5.41) is 14.0. The van der Waals surface area contributed by atoms with Gasteiger partial charge in [0, 0.05) is 18.2 Å². The van der Waals surface area contributed by atoms with E-state index in [1.54, 1.807) is 12.1 Å². The molecule has 0 aliphatic carbocycles. The Morgan fingerprint density at radius 3 is 2.19 bits per heavy atom. The van der Waals surface area contributed by atoms with Gasteiger partial charge >= 0.3 is 0 Å². The highest BCUT2D eigenvalue weighted by molar-refractivity contribution is 6.39. The predicted octanol–water partition coefficient (Wildman–Crippen LogP) is 5.21. The second-order valence-corrected chi connectivity index (χ2v) is 5.27. The molecule has 1 N–H and O–H groups in total. The van der Waals surface area contributed by atoms with Gasteiger partial charge in [-0.1, -0.05) is 35.3 Å². The van der Waals surface area contributed by atoms with Crippen molar-refractivity contribution in [2.45, 2.75) is 13.0 Å². The van der Waals surface area contributed by atoms with Crippen molar-refractivity contribution in [3.8, 4) is 0 Å². The second kappa shape index (κ2) is 6.28. The molecule has 1 atom stereocenters. The third-order valence-corrected chi connectivity index (χ3v) is 3.57. The molecule has 7 heteroatoms. The van der Waals surface area contributed by atoms with Gasteiger partial charge in [-0.05, 0) is 24.6 Å². The summed E-state index contributed by atoms with van der Waals surface area (Å²) in [4.78, 5) is 10.2. The number of nitro benzene ring substituents is 1. The average molecular weight is 329 g/mol. The summed E-state index contributed by atoms with van der Waals surface area (Å²) in [5.74, 6) is -0.515. The van der Waals surface area contributed by atoms with E-state index < -0.39 is 10.7 Å². The Labute approximate surface area is 130 Å². The standard InChI is InChI=1S/C14H11Cl2FN2O2/c1-8(9-2-4-11(5-3-9)19(20)21)18-14-12(15)6-10(17)7-13(14)16/h2-8,18H,1H3. The molecule has 4 nitrogen and oxygen atoms in total. The summed E-state index contributed by atoms with van der Waals surface area (Å²) in [5.41, 5.74) is 1.26. The fourth-order valence-electron chi connectivity index (χ4n) is 1.86. The second-order valence-electron chi connectivity index (χ2n) is 4.46.